The van der Waals surface area contributed by atoms with Gasteiger partial charge in [0, 0.05) is 26.7 Å². The van der Waals surface area contributed by atoms with Crippen molar-refractivity contribution in [1.29, 1.82) is 0 Å². The Labute approximate surface area is 142 Å². The number of hydrogen-bond donors (Lipinski definition) is 1. The molecule has 0 fully saturated rings. The molecule has 0 aliphatic heterocycles. The Morgan fingerprint density at radius 1 is 1.21 bits per heavy atom. The van der Waals surface area contributed by atoms with Crippen LogP contribution in [-0.2, 0) is 23.0 Å². The van der Waals surface area contributed by atoms with Gasteiger partial charge in [0.1, 0.15) is 5.82 Å². The molecule has 0 heterocycles. The number of sulfonamides is 1. The van der Waals surface area contributed by atoms with Gasteiger partial charge in [-0.15, -0.1) is 0 Å². The van der Waals surface area contributed by atoms with E-state index in [-0.39, 0.29) is 11.9 Å². The van der Waals surface area contributed by atoms with Crippen LogP contribution in [0, 0.1) is 5.82 Å². The van der Waals surface area contributed by atoms with Crippen LogP contribution in [0.5, 0.6) is 0 Å². The SMILES string of the molecule is CN(C)S(=O)(=O)c1ccccc1CN[C@@H]1CCc2ccc(F)cc21. The summed E-state index contributed by atoms with van der Waals surface area (Å²) in [5.74, 6) is -0.238. The van der Waals surface area contributed by atoms with Crippen LogP contribution in [0.2, 0.25) is 0 Å². The second kappa shape index (κ2) is 6.63. The van der Waals surface area contributed by atoms with E-state index in [2.05, 4.69) is 5.32 Å². The van der Waals surface area contributed by atoms with Gasteiger partial charge in [0.2, 0.25) is 10.0 Å². The molecule has 24 heavy (non-hydrogen) atoms. The predicted molar refractivity (Wildman–Crippen MR) is 91.6 cm³/mol. The van der Waals surface area contributed by atoms with Crippen molar-refractivity contribution in [1.82, 2.24) is 9.62 Å². The minimum Gasteiger partial charge on any atom is -0.306 e. The zero-order valence-electron chi connectivity index (χ0n) is 13.8. The summed E-state index contributed by atoms with van der Waals surface area (Å²) < 4.78 is 39.6. The van der Waals surface area contributed by atoms with E-state index < -0.39 is 10.0 Å². The van der Waals surface area contributed by atoms with Crippen LogP contribution in [0.4, 0.5) is 4.39 Å². The monoisotopic (exact) mass is 348 g/mol. The van der Waals surface area contributed by atoms with Crippen molar-refractivity contribution >= 4 is 10.0 Å². The summed E-state index contributed by atoms with van der Waals surface area (Å²) in [4.78, 5) is 0.306. The smallest absolute Gasteiger partial charge is 0.242 e. The first-order chi connectivity index (χ1) is 11.4. The van der Waals surface area contributed by atoms with Gasteiger partial charge in [-0.25, -0.2) is 17.1 Å². The third-order valence-electron chi connectivity index (χ3n) is 4.46. The van der Waals surface area contributed by atoms with Crippen LogP contribution < -0.4 is 5.32 Å². The molecule has 1 aliphatic carbocycles. The number of aryl methyl sites for hydroxylation is 1. The standard InChI is InChI=1S/C18H21FN2O2S/c1-21(2)24(22,23)18-6-4-3-5-14(18)12-20-17-10-8-13-7-9-15(19)11-16(13)17/h3-7,9,11,17,20H,8,10,12H2,1-2H3/t17-/m1/s1. The van der Waals surface area contributed by atoms with Crippen molar-refractivity contribution in [2.24, 2.45) is 0 Å². The topological polar surface area (TPSA) is 49.4 Å². The third kappa shape index (κ3) is 3.22. The predicted octanol–water partition coefficient (Wildman–Crippen LogP) is 2.85. The Kier molecular flexibility index (Phi) is 4.71. The molecule has 4 nitrogen and oxygen atoms in total. The van der Waals surface area contributed by atoms with Crippen LogP contribution in [0.1, 0.15) is 29.2 Å². The molecule has 2 aromatic rings. The lowest BCUT2D eigenvalue weighted by Crippen LogP contribution is -2.25. The number of halogens is 1. The van der Waals surface area contributed by atoms with E-state index in [0.717, 1.165) is 29.5 Å². The molecule has 0 amide bonds. The van der Waals surface area contributed by atoms with Gasteiger partial charge < -0.3 is 5.32 Å². The van der Waals surface area contributed by atoms with Gasteiger partial charge >= 0.3 is 0 Å². The summed E-state index contributed by atoms with van der Waals surface area (Å²) in [6, 6.07) is 11.9. The molecule has 1 atom stereocenters. The molecule has 0 bridgehead atoms. The highest BCUT2D eigenvalue weighted by atomic mass is 32.2. The highest BCUT2D eigenvalue weighted by molar-refractivity contribution is 7.89. The molecular weight excluding hydrogens is 327 g/mol. The normalized spacial score (nSPS) is 17.2. The minimum absolute atomic E-state index is 0.0471. The fraction of sp³-hybridized carbons (Fsp3) is 0.333. The van der Waals surface area contributed by atoms with Gasteiger partial charge in [-0.1, -0.05) is 24.3 Å². The molecule has 0 unspecified atom stereocenters. The van der Waals surface area contributed by atoms with Gasteiger partial charge in [0.05, 0.1) is 4.90 Å². The largest absolute Gasteiger partial charge is 0.306 e. The second-order valence-corrected chi connectivity index (χ2v) is 8.33. The first kappa shape index (κ1) is 17.1. The summed E-state index contributed by atoms with van der Waals surface area (Å²) in [7, 11) is -0.440. The molecule has 0 radical (unpaired) electrons. The van der Waals surface area contributed by atoms with Crippen molar-refractivity contribution in [3.05, 3.63) is 65.0 Å². The number of nitrogens with one attached hydrogen (secondary N) is 1. The number of hydrogen-bond acceptors (Lipinski definition) is 3. The third-order valence-corrected chi connectivity index (χ3v) is 6.37. The Bertz CT molecular complexity index is 850. The molecule has 0 saturated carbocycles. The molecule has 1 aliphatic rings. The molecule has 6 heteroatoms. The van der Waals surface area contributed by atoms with E-state index in [1.54, 1.807) is 18.2 Å². The lowest BCUT2D eigenvalue weighted by molar-refractivity contribution is 0.509. The quantitative estimate of drug-likeness (QED) is 0.904. The molecular formula is C18H21FN2O2S. The number of fused-ring (bicyclic) bond motifs is 1. The maximum atomic E-state index is 13.5. The van der Waals surface area contributed by atoms with Crippen LogP contribution in [0.3, 0.4) is 0 Å². The van der Waals surface area contributed by atoms with Crippen molar-refractivity contribution < 1.29 is 12.8 Å². The summed E-state index contributed by atoms with van der Waals surface area (Å²) >= 11 is 0. The Balaban J connectivity index is 1.82. The van der Waals surface area contributed by atoms with Gasteiger partial charge in [0.15, 0.2) is 0 Å². The highest BCUT2D eigenvalue weighted by Gasteiger charge is 2.24. The van der Waals surface area contributed by atoms with E-state index in [4.69, 9.17) is 0 Å². The van der Waals surface area contributed by atoms with E-state index >= 15 is 0 Å². The number of nitrogens with zero attached hydrogens (tertiary/aromatic N) is 1. The van der Waals surface area contributed by atoms with Crippen LogP contribution in [0.25, 0.3) is 0 Å². The van der Waals surface area contributed by atoms with Gasteiger partial charge in [-0.2, -0.15) is 0 Å². The Morgan fingerprint density at radius 2 is 1.96 bits per heavy atom. The van der Waals surface area contributed by atoms with Crippen LogP contribution in [-0.4, -0.2) is 26.8 Å². The van der Waals surface area contributed by atoms with Gasteiger partial charge in [0.25, 0.3) is 0 Å². The fourth-order valence-corrected chi connectivity index (χ4v) is 4.23. The molecule has 0 spiro atoms. The second-order valence-electron chi connectivity index (χ2n) is 6.21. The Morgan fingerprint density at radius 3 is 2.71 bits per heavy atom. The van der Waals surface area contributed by atoms with Crippen molar-refractivity contribution in [2.75, 3.05) is 14.1 Å². The average molecular weight is 348 g/mol. The summed E-state index contributed by atoms with van der Waals surface area (Å²) in [6.45, 7) is 0.420. The van der Waals surface area contributed by atoms with Crippen molar-refractivity contribution in [3.63, 3.8) is 0 Å². The van der Waals surface area contributed by atoms with Gasteiger partial charge in [-0.3, -0.25) is 0 Å². The van der Waals surface area contributed by atoms with Crippen molar-refractivity contribution in [2.45, 2.75) is 30.3 Å². The summed E-state index contributed by atoms with van der Waals surface area (Å²) in [5.41, 5.74) is 2.85. The lowest BCUT2D eigenvalue weighted by atomic mass is 10.1. The zero-order valence-corrected chi connectivity index (χ0v) is 14.6. The molecule has 2 aromatic carbocycles. The maximum Gasteiger partial charge on any atom is 0.242 e. The van der Waals surface area contributed by atoms with E-state index in [1.165, 1.54) is 24.5 Å². The molecule has 0 saturated heterocycles. The average Bonchev–Trinajstić information content (AvgIpc) is 2.95. The highest BCUT2D eigenvalue weighted by Crippen LogP contribution is 2.32. The molecule has 1 N–H and O–H groups in total. The fourth-order valence-electron chi connectivity index (χ4n) is 3.12. The zero-order chi connectivity index (χ0) is 17.3. The van der Waals surface area contributed by atoms with Crippen molar-refractivity contribution in [3.8, 4) is 0 Å². The molecule has 0 aromatic heterocycles. The lowest BCUT2D eigenvalue weighted by Gasteiger charge is -2.18. The van der Waals surface area contributed by atoms with E-state index in [1.807, 2.05) is 18.2 Å². The Hall–Kier alpha value is -1.76. The number of rotatable bonds is 5. The minimum atomic E-state index is -3.49. The summed E-state index contributed by atoms with van der Waals surface area (Å²) in [6.07, 6.45) is 1.80. The number of benzene rings is 2. The maximum absolute atomic E-state index is 13.5. The molecule has 128 valence electrons. The summed E-state index contributed by atoms with van der Waals surface area (Å²) in [5, 5.41) is 3.38. The van der Waals surface area contributed by atoms with Crippen LogP contribution >= 0.6 is 0 Å². The van der Waals surface area contributed by atoms with Gasteiger partial charge in [-0.05, 0) is 47.7 Å². The van der Waals surface area contributed by atoms with E-state index in [0.29, 0.717) is 11.4 Å². The molecule has 3 rings (SSSR count). The first-order valence-corrected chi connectivity index (χ1v) is 9.36. The first-order valence-electron chi connectivity index (χ1n) is 7.92. The van der Waals surface area contributed by atoms with Crippen LogP contribution in [0.15, 0.2) is 47.4 Å². The van der Waals surface area contributed by atoms with E-state index in [9.17, 15) is 12.8 Å².